The number of thiocarbonyl (C=S) groups is 2. The van der Waals surface area contributed by atoms with Crippen LogP contribution in [0, 0.1) is 0 Å². The fourth-order valence-electron chi connectivity index (χ4n) is 0. The van der Waals surface area contributed by atoms with E-state index in [0.29, 0.717) is 0 Å². The van der Waals surface area contributed by atoms with E-state index in [1.54, 1.807) is 0 Å². The lowest BCUT2D eigenvalue weighted by atomic mass is 10.4. The number of allylic oxidation sites excluding steroid dienone is 1. The second-order valence-electron chi connectivity index (χ2n) is 1.88. The lowest BCUT2D eigenvalue weighted by molar-refractivity contribution is 1.42. The molecule has 0 unspecified atom stereocenters. The van der Waals surface area contributed by atoms with E-state index >= 15 is 0 Å². The van der Waals surface area contributed by atoms with Crippen LogP contribution in [-0.4, -0.2) is 8.64 Å². The Balaban J connectivity index is -0.000000101. The van der Waals surface area contributed by atoms with E-state index < -0.39 is 0 Å². The van der Waals surface area contributed by atoms with Crippen LogP contribution in [0.4, 0.5) is 0 Å². The van der Waals surface area contributed by atoms with Gasteiger partial charge in [-0.1, -0.05) is 30.0 Å². The second-order valence-corrected chi connectivity index (χ2v) is 4.33. The lowest BCUT2D eigenvalue weighted by Gasteiger charge is -1.65. The molecule has 2 nitrogen and oxygen atoms in total. The highest BCUT2D eigenvalue weighted by molar-refractivity contribution is 8.11. The van der Waals surface area contributed by atoms with Crippen molar-refractivity contribution >= 4 is 58.3 Å². The van der Waals surface area contributed by atoms with Gasteiger partial charge in [0.1, 0.15) is 8.64 Å². The molecule has 0 spiro atoms. The highest BCUT2D eigenvalue weighted by Crippen LogP contribution is 1.73. The number of hydrogen-bond donors (Lipinski definition) is 4. The van der Waals surface area contributed by atoms with Crippen molar-refractivity contribution in [2.45, 2.75) is 13.8 Å². The molecule has 0 aliphatic carbocycles. The molecule has 0 atom stereocenters. The second kappa shape index (κ2) is 13.8. The zero-order valence-electron chi connectivity index (χ0n) is 7.07. The summed E-state index contributed by atoms with van der Waals surface area (Å²) in [4.78, 5) is 0. The Morgan fingerprint density at radius 1 is 1.08 bits per heavy atom. The monoisotopic (exact) mass is 242 g/mol. The maximum Gasteiger partial charge on any atom is 0.128 e. The van der Waals surface area contributed by atoms with Gasteiger partial charge in [0.25, 0.3) is 0 Å². The molecule has 0 aromatic rings. The van der Waals surface area contributed by atoms with E-state index in [9.17, 15) is 0 Å². The third-order valence-corrected chi connectivity index (χ3v) is 0. The van der Waals surface area contributed by atoms with Crippen LogP contribution in [0.2, 0.25) is 0 Å². The van der Waals surface area contributed by atoms with Crippen LogP contribution in [0.15, 0.2) is 12.2 Å². The molecule has 0 bridgehead atoms. The predicted octanol–water partition coefficient (Wildman–Crippen LogP) is 1.90. The Hall–Kier alpha value is 0.220. The fraction of sp³-hybridized carbons (Fsp3) is 0.333. The SMILES string of the molecule is C=C(C)C.NC(=S)S.NC(=S)S. The fourth-order valence-corrected chi connectivity index (χ4v) is 0. The molecular formula is C6H14N2S4. The van der Waals surface area contributed by atoms with Crippen molar-refractivity contribution in [3.8, 4) is 0 Å². The quantitative estimate of drug-likeness (QED) is 0.298. The smallest absolute Gasteiger partial charge is 0.128 e. The first-order valence-electron chi connectivity index (χ1n) is 2.79. The van der Waals surface area contributed by atoms with Gasteiger partial charge >= 0.3 is 0 Å². The van der Waals surface area contributed by atoms with Crippen LogP contribution < -0.4 is 11.5 Å². The van der Waals surface area contributed by atoms with Crippen LogP contribution in [-0.2, 0) is 0 Å². The van der Waals surface area contributed by atoms with Crippen molar-refractivity contribution in [3.63, 3.8) is 0 Å². The molecule has 0 saturated heterocycles. The van der Waals surface area contributed by atoms with Crippen molar-refractivity contribution in [2.75, 3.05) is 0 Å². The van der Waals surface area contributed by atoms with Crippen LogP contribution in [0.25, 0.3) is 0 Å². The van der Waals surface area contributed by atoms with Crippen molar-refractivity contribution in [2.24, 2.45) is 11.5 Å². The van der Waals surface area contributed by atoms with Gasteiger partial charge in [-0.3, -0.25) is 0 Å². The Labute approximate surface area is 95.6 Å². The summed E-state index contributed by atoms with van der Waals surface area (Å²) in [5.41, 5.74) is 10.6. The zero-order valence-corrected chi connectivity index (χ0v) is 10.5. The minimum absolute atomic E-state index is 0.194. The average Bonchev–Trinajstić information content (AvgIpc) is 1.54. The Morgan fingerprint density at radius 3 is 1.08 bits per heavy atom. The van der Waals surface area contributed by atoms with Gasteiger partial charge < -0.3 is 11.5 Å². The van der Waals surface area contributed by atoms with E-state index in [2.05, 4.69) is 56.3 Å². The Kier molecular flexibility index (Phi) is 20.8. The highest BCUT2D eigenvalue weighted by Gasteiger charge is 1.56. The summed E-state index contributed by atoms with van der Waals surface area (Å²) in [6.45, 7) is 7.50. The maximum atomic E-state index is 4.71. The molecule has 0 aliphatic heterocycles. The van der Waals surface area contributed by atoms with Gasteiger partial charge in [0.2, 0.25) is 0 Å². The van der Waals surface area contributed by atoms with E-state index in [-0.39, 0.29) is 8.64 Å². The van der Waals surface area contributed by atoms with Gasteiger partial charge in [-0.15, -0.1) is 31.8 Å². The third-order valence-electron chi connectivity index (χ3n) is 0. The first-order chi connectivity index (χ1) is 5.20. The summed E-state index contributed by atoms with van der Waals surface area (Å²) >= 11 is 15.3. The van der Waals surface area contributed by atoms with Crippen LogP contribution in [0.3, 0.4) is 0 Å². The topological polar surface area (TPSA) is 52.0 Å². The number of rotatable bonds is 0. The maximum absolute atomic E-state index is 4.71. The summed E-state index contributed by atoms with van der Waals surface area (Å²) in [5, 5.41) is 0. The number of hydrogen-bond acceptors (Lipinski definition) is 2. The van der Waals surface area contributed by atoms with E-state index in [1.165, 1.54) is 5.57 Å². The number of thiol groups is 2. The molecule has 0 heterocycles. The molecule has 0 rings (SSSR count). The molecule has 4 N–H and O–H groups in total. The molecule has 0 amide bonds. The molecule has 0 aliphatic rings. The van der Waals surface area contributed by atoms with E-state index in [4.69, 9.17) is 11.5 Å². The van der Waals surface area contributed by atoms with Gasteiger partial charge in [0, 0.05) is 0 Å². The molecule has 0 saturated carbocycles. The molecule has 6 heteroatoms. The molecule has 72 valence electrons. The molecule has 0 fully saturated rings. The van der Waals surface area contributed by atoms with Gasteiger partial charge in [-0.05, 0) is 13.8 Å². The predicted molar refractivity (Wildman–Crippen MR) is 72.0 cm³/mol. The van der Waals surface area contributed by atoms with Crippen molar-refractivity contribution in [1.29, 1.82) is 0 Å². The van der Waals surface area contributed by atoms with Gasteiger partial charge in [0.05, 0.1) is 0 Å². The first kappa shape index (κ1) is 18.1. The standard InChI is InChI=1S/C4H8.2CH3NS2/c1-4(2)3;2*2-1(3)4/h1H2,2-3H3;2*(H3,2,3,4). The van der Waals surface area contributed by atoms with Crippen LogP contribution in [0.1, 0.15) is 13.8 Å². The molecule has 12 heavy (non-hydrogen) atoms. The van der Waals surface area contributed by atoms with Crippen LogP contribution >= 0.6 is 49.7 Å². The summed E-state index contributed by atoms with van der Waals surface area (Å²) < 4.78 is 0.389. The largest absolute Gasteiger partial charge is 0.385 e. The summed E-state index contributed by atoms with van der Waals surface area (Å²) in [7, 11) is 0. The van der Waals surface area contributed by atoms with Crippen molar-refractivity contribution < 1.29 is 0 Å². The normalized spacial score (nSPS) is 6.33. The first-order valence-corrected chi connectivity index (χ1v) is 4.50. The summed E-state index contributed by atoms with van der Waals surface area (Å²) in [6.07, 6.45) is 0. The summed E-state index contributed by atoms with van der Waals surface area (Å²) in [5.74, 6) is 0. The van der Waals surface area contributed by atoms with E-state index in [1.807, 2.05) is 13.8 Å². The minimum atomic E-state index is 0.194. The van der Waals surface area contributed by atoms with Gasteiger partial charge in [0.15, 0.2) is 0 Å². The minimum Gasteiger partial charge on any atom is -0.385 e. The molecule has 0 aromatic heterocycles. The average molecular weight is 242 g/mol. The zero-order chi connectivity index (χ0) is 10.7. The molecule has 0 radical (unpaired) electrons. The Morgan fingerprint density at radius 2 is 1.08 bits per heavy atom. The summed E-state index contributed by atoms with van der Waals surface area (Å²) in [6, 6.07) is 0. The Bertz CT molecular complexity index is 115. The number of nitrogens with two attached hydrogens (primary N) is 2. The van der Waals surface area contributed by atoms with Crippen molar-refractivity contribution in [1.82, 2.24) is 0 Å². The lowest BCUT2D eigenvalue weighted by Crippen LogP contribution is -1.94. The molecule has 0 aromatic carbocycles. The highest BCUT2D eigenvalue weighted by atomic mass is 32.1. The molecular weight excluding hydrogens is 228 g/mol. The van der Waals surface area contributed by atoms with Crippen molar-refractivity contribution in [3.05, 3.63) is 12.2 Å². The van der Waals surface area contributed by atoms with Crippen LogP contribution in [0.5, 0.6) is 0 Å². The third kappa shape index (κ3) is 18000. The van der Waals surface area contributed by atoms with E-state index in [0.717, 1.165) is 0 Å². The van der Waals surface area contributed by atoms with Gasteiger partial charge in [-0.25, -0.2) is 0 Å². The van der Waals surface area contributed by atoms with Gasteiger partial charge in [-0.2, -0.15) is 0 Å².